The fourth-order valence-corrected chi connectivity index (χ4v) is 1.81. The van der Waals surface area contributed by atoms with Gasteiger partial charge in [-0.2, -0.15) is 8.42 Å². The van der Waals surface area contributed by atoms with E-state index in [1.54, 1.807) is 24.3 Å². The molecule has 0 radical (unpaired) electrons. The molecular formula is C9H12MgO3S. The van der Waals surface area contributed by atoms with Crippen LogP contribution in [0.4, 0.5) is 0 Å². The van der Waals surface area contributed by atoms with Crippen molar-refractivity contribution < 1.29 is 15.8 Å². The quantitative estimate of drug-likeness (QED) is 0.481. The van der Waals surface area contributed by atoms with Gasteiger partial charge in [-0.1, -0.05) is 24.3 Å². The zero-order chi connectivity index (χ0) is 9.90. The molecule has 0 spiro atoms. The molecule has 0 unspecified atom stereocenters. The SMILES string of the molecule is C=CCc1ccccc1S(=O)(=O)O.[H-].[H-].[Mg+2]. The topological polar surface area (TPSA) is 54.4 Å². The summed E-state index contributed by atoms with van der Waals surface area (Å²) in [5.74, 6) is 0. The molecule has 0 atom stereocenters. The van der Waals surface area contributed by atoms with Crippen molar-refractivity contribution >= 4 is 33.2 Å². The van der Waals surface area contributed by atoms with Crippen molar-refractivity contribution in [2.24, 2.45) is 0 Å². The van der Waals surface area contributed by atoms with E-state index >= 15 is 0 Å². The summed E-state index contributed by atoms with van der Waals surface area (Å²) < 4.78 is 30.5. The Kier molecular flexibility index (Phi) is 5.36. The Morgan fingerprint density at radius 2 is 2.00 bits per heavy atom. The number of hydrogen-bond donors (Lipinski definition) is 1. The fourth-order valence-electron chi connectivity index (χ4n) is 1.08. The molecule has 5 heteroatoms. The molecule has 0 aliphatic rings. The number of rotatable bonds is 3. The number of hydrogen-bond acceptors (Lipinski definition) is 2. The second-order valence-electron chi connectivity index (χ2n) is 2.58. The van der Waals surface area contributed by atoms with Gasteiger partial charge in [0.25, 0.3) is 10.1 Å². The summed E-state index contributed by atoms with van der Waals surface area (Å²) in [7, 11) is -4.10. The predicted octanol–water partition coefficient (Wildman–Crippen LogP) is 1.51. The Morgan fingerprint density at radius 1 is 1.43 bits per heavy atom. The van der Waals surface area contributed by atoms with Gasteiger partial charge in [-0.25, -0.2) is 0 Å². The number of benzene rings is 1. The van der Waals surface area contributed by atoms with Crippen LogP contribution in [0.1, 0.15) is 8.42 Å². The molecule has 0 aliphatic carbocycles. The molecule has 0 amide bonds. The Balaban J connectivity index is -0.000000563. The van der Waals surface area contributed by atoms with Gasteiger partial charge in [-0.3, -0.25) is 4.55 Å². The van der Waals surface area contributed by atoms with Gasteiger partial charge in [-0.05, 0) is 18.1 Å². The van der Waals surface area contributed by atoms with Crippen LogP contribution in [-0.4, -0.2) is 36.0 Å². The van der Waals surface area contributed by atoms with Crippen molar-refractivity contribution in [3.63, 3.8) is 0 Å². The van der Waals surface area contributed by atoms with Crippen LogP contribution in [0.15, 0.2) is 41.8 Å². The molecule has 74 valence electrons. The van der Waals surface area contributed by atoms with Crippen molar-refractivity contribution in [1.29, 1.82) is 0 Å². The monoisotopic (exact) mass is 224 g/mol. The van der Waals surface area contributed by atoms with Crippen LogP contribution in [0.2, 0.25) is 0 Å². The van der Waals surface area contributed by atoms with Gasteiger partial charge in [0.1, 0.15) is 0 Å². The molecule has 3 nitrogen and oxygen atoms in total. The third-order valence-electron chi connectivity index (χ3n) is 1.61. The molecule has 0 saturated carbocycles. The van der Waals surface area contributed by atoms with Crippen molar-refractivity contribution in [2.75, 3.05) is 0 Å². The Bertz CT molecular complexity index is 421. The zero-order valence-corrected chi connectivity index (χ0v) is 9.91. The molecule has 1 aromatic rings. The summed E-state index contributed by atoms with van der Waals surface area (Å²) >= 11 is 0. The van der Waals surface area contributed by atoms with Crippen molar-refractivity contribution in [3.05, 3.63) is 42.5 Å². The van der Waals surface area contributed by atoms with Crippen molar-refractivity contribution in [1.82, 2.24) is 0 Å². The van der Waals surface area contributed by atoms with Gasteiger partial charge >= 0.3 is 23.1 Å². The van der Waals surface area contributed by atoms with E-state index in [9.17, 15) is 8.42 Å². The summed E-state index contributed by atoms with van der Waals surface area (Å²) in [6.45, 7) is 3.50. The predicted molar refractivity (Wildman–Crippen MR) is 58.1 cm³/mol. The Hall–Kier alpha value is -0.364. The summed E-state index contributed by atoms with van der Waals surface area (Å²) in [6.07, 6.45) is 2.01. The van der Waals surface area contributed by atoms with Crippen LogP contribution < -0.4 is 0 Å². The average molecular weight is 225 g/mol. The van der Waals surface area contributed by atoms with Gasteiger partial charge < -0.3 is 2.85 Å². The van der Waals surface area contributed by atoms with Gasteiger partial charge in [0.15, 0.2) is 0 Å². The van der Waals surface area contributed by atoms with Crippen LogP contribution in [0, 0.1) is 0 Å². The standard InChI is InChI=1S/C9H10O3S.Mg.2H/c1-2-5-8-6-3-4-7-9(8)13(10,11)12;;;/h2-4,6-7H,1,5H2,(H,10,11,12);;;/q;+2;2*-1. The van der Waals surface area contributed by atoms with E-state index in [1.807, 2.05) is 0 Å². The fraction of sp³-hybridized carbons (Fsp3) is 0.111. The summed E-state index contributed by atoms with van der Waals surface area (Å²) in [5, 5.41) is 0. The van der Waals surface area contributed by atoms with Gasteiger partial charge in [-0.15, -0.1) is 6.58 Å². The largest absolute Gasteiger partial charge is 2.00 e. The molecule has 1 N–H and O–H groups in total. The number of allylic oxidation sites excluding steroid dienone is 1. The van der Waals surface area contributed by atoms with Crippen LogP contribution in [0.5, 0.6) is 0 Å². The van der Waals surface area contributed by atoms with E-state index < -0.39 is 10.1 Å². The van der Waals surface area contributed by atoms with Crippen molar-refractivity contribution in [3.8, 4) is 0 Å². The Morgan fingerprint density at radius 3 is 2.50 bits per heavy atom. The first-order valence-electron chi connectivity index (χ1n) is 3.72. The summed E-state index contributed by atoms with van der Waals surface area (Å²) in [6, 6.07) is 6.29. The summed E-state index contributed by atoms with van der Waals surface area (Å²) in [4.78, 5) is -0.0464. The normalized spacial score (nSPS) is 10.4. The molecule has 0 aliphatic heterocycles. The van der Waals surface area contributed by atoms with Gasteiger partial charge in [0.2, 0.25) is 0 Å². The smallest absolute Gasteiger partial charge is 1.00 e. The minimum atomic E-state index is -4.10. The average Bonchev–Trinajstić information content (AvgIpc) is 2.04. The van der Waals surface area contributed by atoms with E-state index in [2.05, 4.69) is 6.58 Å². The second-order valence-corrected chi connectivity index (χ2v) is 3.97. The minimum Gasteiger partial charge on any atom is -1.00 e. The molecule has 14 heavy (non-hydrogen) atoms. The van der Waals surface area contributed by atoms with Gasteiger partial charge in [0, 0.05) is 0 Å². The maximum atomic E-state index is 10.8. The van der Waals surface area contributed by atoms with Crippen molar-refractivity contribution in [2.45, 2.75) is 11.3 Å². The summed E-state index contributed by atoms with van der Waals surface area (Å²) in [5.41, 5.74) is 0.556. The molecule has 0 heterocycles. The second kappa shape index (κ2) is 5.50. The first-order chi connectivity index (χ1) is 6.05. The Labute approximate surface area is 103 Å². The first kappa shape index (κ1) is 13.6. The van der Waals surface area contributed by atoms with E-state index in [4.69, 9.17) is 4.55 Å². The maximum Gasteiger partial charge on any atom is 2.00 e. The van der Waals surface area contributed by atoms with Gasteiger partial charge in [0.05, 0.1) is 4.90 Å². The molecule has 1 rings (SSSR count). The van der Waals surface area contributed by atoms with Crippen LogP contribution in [0.25, 0.3) is 0 Å². The van der Waals surface area contributed by atoms with E-state index in [-0.39, 0.29) is 30.8 Å². The van der Waals surface area contributed by atoms with E-state index in [0.717, 1.165) is 0 Å². The molecule has 0 bridgehead atoms. The maximum absolute atomic E-state index is 10.8. The van der Waals surface area contributed by atoms with Crippen LogP contribution >= 0.6 is 0 Å². The molecule has 1 aromatic carbocycles. The third-order valence-corrected chi connectivity index (χ3v) is 2.57. The van der Waals surface area contributed by atoms with E-state index in [1.165, 1.54) is 6.07 Å². The molecule has 0 aromatic heterocycles. The molecule has 0 fully saturated rings. The first-order valence-corrected chi connectivity index (χ1v) is 5.16. The molecular weight excluding hydrogens is 212 g/mol. The van der Waals surface area contributed by atoms with E-state index in [0.29, 0.717) is 12.0 Å². The minimum absolute atomic E-state index is 0. The third kappa shape index (κ3) is 3.41. The van der Waals surface area contributed by atoms with Crippen LogP contribution in [0.3, 0.4) is 0 Å². The molecule has 0 saturated heterocycles. The zero-order valence-electron chi connectivity index (χ0n) is 9.68. The van der Waals surface area contributed by atoms with Crippen LogP contribution in [-0.2, 0) is 16.5 Å².